The van der Waals surface area contributed by atoms with E-state index in [2.05, 4.69) is 69.8 Å². The average Bonchev–Trinajstić information content (AvgIpc) is 4.02. The highest BCUT2D eigenvalue weighted by molar-refractivity contribution is 7.80. The van der Waals surface area contributed by atoms with Gasteiger partial charge in [-0.05, 0) is 55.6 Å². The number of nitrogens with one attached hydrogen (secondary N) is 9. The monoisotopic (exact) mass is 1070 g/mol. The zero-order valence-corrected chi connectivity index (χ0v) is 43.1. The fourth-order valence-electron chi connectivity index (χ4n) is 7.60. The van der Waals surface area contributed by atoms with E-state index in [1.54, 1.807) is 52.1 Å². The lowest BCUT2D eigenvalue weighted by atomic mass is 9.99. The van der Waals surface area contributed by atoms with Gasteiger partial charge in [-0.3, -0.25) is 48.1 Å². The van der Waals surface area contributed by atoms with E-state index < -0.39 is 120 Å². The number of thiol groups is 1. The van der Waals surface area contributed by atoms with Crippen LogP contribution < -0.4 is 60.2 Å². The van der Waals surface area contributed by atoms with Crippen LogP contribution in [0.15, 0.2) is 48.0 Å². The third-order valence-electron chi connectivity index (χ3n) is 11.6. The molecule has 8 amide bonds. The summed E-state index contributed by atoms with van der Waals surface area (Å²) in [5.74, 6) is -10.8. The number of aromatic nitrogens is 3. The molecule has 19 N–H and O–H groups in total. The van der Waals surface area contributed by atoms with E-state index in [9.17, 15) is 53.1 Å². The number of carbonyl (C=O) groups is 10. The van der Waals surface area contributed by atoms with Crippen molar-refractivity contribution in [1.82, 2.24) is 52.2 Å². The van der Waals surface area contributed by atoms with Gasteiger partial charge in [-0.2, -0.15) is 12.6 Å². The van der Waals surface area contributed by atoms with Gasteiger partial charge in [-0.25, -0.2) is 9.78 Å². The Labute approximate surface area is 437 Å². The SMILES string of the molecule is CC(C)C[C@H](NC(=O)[C@H](CCCN=C(N)N)NC(=O)[C@H](Cc1cnc[nH]1)NC(=O)[C@H](Cc1c[nH]c2ccccc12)NC(=O)[C@@H](NC(=O)[C@@H](N)CCC(=O)O)C(C)C)C(=O)N[C@@H](CCC(N)=O)C(=O)N[C@@H](CS)C(=O)O. The van der Waals surface area contributed by atoms with Gasteiger partial charge in [0.05, 0.1) is 12.4 Å². The van der Waals surface area contributed by atoms with Gasteiger partial charge >= 0.3 is 11.9 Å². The van der Waals surface area contributed by atoms with Crippen molar-refractivity contribution in [3.05, 3.63) is 54.2 Å². The number of aromatic amines is 2. The van der Waals surface area contributed by atoms with E-state index in [0.29, 0.717) is 11.3 Å². The number of nitrogens with zero attached hydrogens (tertiary/aromatic N) is 2. The van der Waals surface area contributed by atoms with Crippen LogP contribution >= 0.6 is 12.6 Å². The van der Waals surface area contributed by atoms with Crippen LogP contribution in [-0.2, 0) is 60.8 Å². The molecule has 412 valence electrons. The molecule has 0 saturated carbocycles. The first-order valence-electron chi connectivity index (χ1n) is 24.2. The molecule has 0 aliphatic rings. The van der Waals surface area contributed by atoms with Crippen LogP contribution in [0.3, 0.4) is 0 Å². The molecule has 8 atom stereocenters. The Balaban J connectivity index is 2.01. The Morgan fingerprint density at radius 1 is 0.667 bits per heavy atom. The molecule has 0 saturated heterocycles. The first-order valence-corrected chi connectivity index (χ1v) is 24.8. The van der Waals surface area contributed by atoms with Crippen molar-refractivity contribution in [2.24, 2.45) is 39.8 Å². The molecule has 0 aliphatic heterocycles. The second-order valence-corrected chi connectivity index (χ2v) is 19.0. The molecule has 75 heavy (non-hydrogen) atoms. The molecule has 28 heteroatoms. The van der Waals surface area contributed by atoms with Gasteiger partial charge in [0.15, 0.2) is 5.96 Å². The molecule has 0 bridgehead atoms. The van der Waals surface area contributed by atoms with Crippen molar-refractivity contribution in [1.29, 1.82) is 0 Å². The highest BCUT2D eigenvalue weighted by Gasteiger charge is 2.36. The molecular formula is C47H71N15O12S. The van der Waals surface area contributed by atoms with Crippen molar-refractivity contribution in [2.75, 3.05) is 12.3 Å². The van der Waals surface area contributed by atoms with Crippen LogP contribution in [0.25, 0.3) is 10.9 Å². The molecule has 3 rings (SSSR count). The Kier molecular flexibility index (Phi) is 25.0. The first-order chi connectivity index (χ1) is 35.4. The largest absolute Gasteiger partial charge is 0.481 e. The van der Waals surface area contributed by atoms with E-state index in [1.807, 2.05) is 6.07 Å². The first kappa shape index (κ1) is 61.5. The smallest absolute Gasteiger partial charge is 0.327 e. The van der Waals surface area contributed by atoms with Crippen LogP contribution in [-0.4, -0.2) is 151 Å². The lowest BCUT2D eigenvalue weighted by Crippen LogP contribution is -2.61. The average molecular weight is 1070 g/mol. The molecule has 27 nitrogen and oxygen atoms in total. The number of benzene rings is 1. The van der Waals surface area contributed by atoms with Gasteiger partial charge in [-0.15, -0.1) is 0 Å². The second-order valence-electron chi connectivity index (χ2n) is 18.6. The molecule has 3 aromatic rings. The van der Waals surface area contributed by atoms with Crippen LogP contribution in [0.2, 0.25) is 0 Å². The van der Waals surface area contributed by atoms with E-state index in [4.69, 9.17) is 28.0 Å². The Bertz CT molecular complexity index is 2480. The maximum atomic E-state index is 14.6. The zero-order valence-electron chi connectivity index (χ0n) is 42.2. The second kappa shape index (κ2) is 30.4. The number of carbonyl (C=O) groups excluding carboxylic acids is 8. The summed E-state index contributed by atoms with van der Waals surface area (Å²) >= 11 is 3.96. The summed E-state index contributed by atoms with van der Waals surface area (Å²) in [5.41, 5.74) is 24.0. The minimum Gasteiger partial charge on any atom is -0.481 e. The van der Waals surface area contributed by atoms with E-state index >= 15 is 0 Å². The topological polar surface area (TPSA) is 456 Å². The van der Waals surface area contributed by atoms with Crippen LogP contribution in [0.1, 0.15) is 83.9 Å². The maximum absolute atomic E-state index is 14.6. The molecule has 1 aromatic carbocycles. The highest BCUT2D eigenvalue weighted by atomic mass is 32.1. The normalized spacial score (nSPS) is 14.4. The number of fused-ring (bicyclic) bond motifs is 1. The summed E-state index contributed by atoms with van der Waals surface area (Å²) in [4.78, 5) is 146. The number of carboxylic acids is 2. The van der Waals surface area contributed by atoms with E-state index in [-0.39, 0.29) is 75.5 Å². The number of rotatable bonds is 33. The van der Waals surface area contributed by atoms with Crippen molar-refractivity contribution in [3.63, 3.8) is 0 Å². The minimum atomic E-state index is -1.48. The van der Waals surface area contributed by atoms with Crippen LogP contribution in [0.5, 0.6) is 0 Å². The summed E-state index contributed by atoms with van der Waals surface area (Å²) in [6, 6.07) is -3.95. The summed E-state index contributed by atoms with van der Waals surface area (Å²) in [7, 11) is 0. The molecule has 2 heterocycles. The Hall–Kier alpha value is -7.75. The minimum absolute atomic E-state index is 0.00773. The molecule has 0 aliphatic carbocycles. The van der Waals surface area contributed by atoms with Crippen molar-refractivity contribution in [2.45, 2.75) is 134 Å². The predicted octanol–water partition coefficient (Wildman–Crippen LogP) is -2.70. The number of imidazole rings is 1. The van der Waals surface area contributed by atoms with Crippen LogP contribution in [0, 0.1) is 11.8 Å². The number of primary amides is 1. The number of hydrogen-bond acceptors (Lipinski definition) is 14. The fraction of sp³-hybridized carbons (Fsp3) is 0.532. The van der Waals surface area contributed by atoms with E-state index in [1.165, 1.54) is 12.5 Å². The third-order valence-corrected chi connectivity index (χ3v) is 12.0. The summed E-state index contributed by atoms with van der Waals surface area (Å²) in [5, 5.41) is 37.4. The van der Waals surface area contributed by atoms with Gasteiger partial charge in [0, 0.05) is 67.0 Å². The predicted molar refractivity (Wildman–Crippen MR) is 277 cm³/mol. The van der Waals surface area contributed by atoms with Crippen molar-refractivity contribution in [3.8, 4) is 0 Å². The zero-order chi connectivity index (χ0) is 55.9. The molecular weight excluding hydrogens is 999 g/mol. The summed E-state index contributed by atoms with van der Waals surface area (Å²) in [6.45, 7) is 6.78. The van der Waals surface area contributed by atoms with Gasteiger partial charge in [0.25, 0.3) is 0 Å². The quantitative estimate of drug-likeness (QED) is 0.0128. The summed E-state index contributed by atoms with van der Waals surface area (Å²) < 4.78 is 0. The maximum Gasteiger partial charge on any atom is 0.327 e. The Morgan fingerprint density at radius 3 is 1.79 bits per heavy atom. The number of nitrogens with two attached hydrogens (primary N) is 4. The number of amides is 8. The van der Waals surface area contributed by atoms with E-state index in [0.717, 1.165) is 10.9 Å². The van der Waals surface area contributed by atoms with Gasteiger partial charge < -0.3 is 80.3 Å². The fourth-order valence-corrected chi connectivity index (χ4v) is 7.85. The molecule has 0 unspecified atom stereocenters. The molecule has 0 radical (unpaired) electrons. The van der Waals surface area contributed by atoms with Gasteiger partial charge in [0.2, 0.25) is 47.3 Å². The van der Waals surface area contributed by atoms with Gasteiger partial charge in [-0.1, -0.05) is 45.9 Å². The number of carboxylic acid groups (broad SMARTS) is 2. The third kappa shape index (κ3) is 21.0. The van der Waals surface area contributed by atoms with Gasteiger partial charge in [0.1, 0.15) is 42.3 Å². The van der Waals surface area contributed by atoms with Crippen molar-refractivity contribution < 1.29 is 58.2 Å². The Morgan fingerprint density at radius 2 is 1.23 bits per heavy atom. The molecule has 0 fully saturated rings. The highest BCUT2D eigenvalue weighted by Crippen LogP contribution is 2.20. The number of aliphatic imine (C=N–C) groups is 1. The molecule has 0 spiro atoms. The number of guanidine groups is 1. The standard InChI is InChI=1S/C47H71N15O12S/c1-23(2)16-32(42(69)57-31(12-13-36(49)63)41(68)61-35(21-75)46(73)74)58-40(67)30(10-7-15-53-47(50)51)56-44(71)34(18-26-20-52-22-55-26)59-43(70)33(17-25-19-54-29-9-6-5-8-27(25)29)60-45(72)38(24(3)4)62-39(66)28(48)11-14-37(64)65/h5-6,8-9,19-20,22-24,28,30-35,38,54,75H,7,10-18,21,48H2,1-4H3,(H2,49,63)(H,52,55)(H,56,71)(H,57,69)(H,58,67)(H,59,70)(H,60,72)(H,61,68)(H,62,66)(H,64,65)(H,73,74)(H4,50,51,53)/t28-,30-,31-,32-,33-,34-,35-,38-/m0/s1. The van der Waals surface area contributed by atoms with Crippen molar-refractivity contribution >= 4 is 88.7 Å². The summed E-state index contributed by atoms with van der Waals surface area (Å²) in [6.07, 6.45) is 2.71. The lowest BCUT2D eigenvalue weighted by Gasteiger charge is -2.29. The number of H-pyrrole nitrogens is 2. The number of hydrogen-bond donors (Lipinski definition) is 16. The lowest BCUT2D eigenvalue weighted by molar-refractivity contribution is -0.142. The number of para-hydroxylation sites is 1. The van der Waals surface area contributed by atoms with Crippen LogP contribution in [0.4, 0.5) is 0 Å². The molecule has 2 aromatic heterocycles. The number of aliphatic carboxylic acids is 2.